The standard InChI is InChI=1S/C10H19N3O3.ClH/c1-8-7-13(6-5-11-8)10(15)12-4-3-9(14)16-2;/h8,11H,3-7H2,1-2H3,(H,12,15);1H/t8-;/m1./s1. The molecule has 0 radical (unpaired) electrons. The molecule has 0 unspecified atom stereocenters. The van der Waals surface area contributed by atoms with Gasteiger partial charge in [-0.05, 0) is 6.92 Å². The highest BCUT2D eigenvalue weighted by Crippen LogP contribution is 1.98. The van der Waals surface area contributed by atoms with E-state index in [1.165, 1.54) is 7.11 Å². The van der Waals surface area contributed by atoms with Crippen LogP contribution in [0.5, 0.6) is 0 Å². The molecule has 0 aromatic carbocycles. The molecular weight excluding hydrogens is 246 g/mol. The van der Waals surface area contributed by atoms with Gasteiger partial charge in [0, 0.05) is 32.2 Å². The molecule has 1 aliphatic heterocycles. The van der Waals surface area contributed by atoms with Crippen molar-refractivity contribution in [2.45, 2.75) is 19.4 Å². The molecular formula is C10H20ClN3O3. The minimum Gasteiger partial charge on any atom is -0.469 e. The van der Waals surface area contributed by atoms with Crippen molar-refractivity contribution in [3.8, 4) is 0 Å². The van der Waals surface area contributed by atoms with Crippen LogP contribution < -0.4 is 10.6 Å². The fraction of sp³-hybridized carbons (Fsp3) is 0.800. The molecule has 0 spiro atoms. The molecule has 1 aliphatic rings. The van der Waals surface area contributed by atoms with Crippen molar-refractivity contribution in [1.29, 1.82) is 0 Å². The topological polar surface area (TPSA) is 70.7 Å². The molecule has 1 fully saturated rings. The quantitative estimate of drug-likeness (QED) is 0.704. The second-order valence-electron chi connectivity index (χ2n) is 3.86. The number of carbonyl (C=O) groups is 2. The van der Waals surface area contributed by atoms with Gasteiger partial charge < -0.3 is 20.3 Å². The van der Waals surface area contributed by atoms with Gasteiger partial charge in [-0.3, -0.25) is 4.79 Å². The van der Waals surface area contributed by atoms with E-state index in [9.17, 15) is 9.59 Å². The number of piperazine rings is 1. The van der Waals surface area contributed by atoms with Crippen molar-refractivity contribution in [3.63, 3.8) is 0 Å². The van der Waals surface area contributed by atoms with Gasteiger partial charge in [-0.15, -0.1) is 12.4 Å². The van der Waals surface area contributed by atoms with Crippen LogP contribution in [0.25, 0.3) is 0 Å². The summed E-state index contributed by atoms with van der Waals surface area (Å²) in [6, 6.07) is 0.206. The minimum absolute atomic E-state index is 0. The Hall–Kier alpha value is -1.01. The average Bonchev–Trinajstić information content (AvgIpc) is 2.28. The van der Waals surface area contributed by atoms with Gasteiger partial charge in [-0.1, -0.05) is 0 Å². The van der Waals surface area contributed by atoms with Crippen molar-refractivity contribution >= 4 is 24.4 Å². The Labute approximate surface area is 107 Å². The molecule has 1 rings (SSSR count). The van der Waals surface area contributed by atoms with Crippen molar-refractivity contribution in [1.82, 2.24) is 15.5 Å². The Bertz CT molecular complexity index is 263. The van der Waals surface area contributed by atoms with Gasteiger partial charge in [0.15, 0.2) is 0 Å². The number of esters is 1. The molecule has 7 heteroatoms. The summed E-state index contributed by atoms with van der Waals surface area (Å²) in [5.41, 5.74) is 0. The Kier molecular flexibility index (Phi) is 7.65. The lowest BCUT2D eigenvalue weighted by Crippen LogP contribution is -2.54. The number of hydrogen-bond donors (Lipinski definition) is 2. The predicted molar refractivity (Wildman–Crippen MR) is 66.3 cm³/mol. The van der Waals surface area contributed by atoms with Crippen LogP contribution in [-0.2, 0) is 9.53 Å². The van der Waals surface area contributed by atoms with Crippen molar-refractivity contribution in [2.24, 2.45) is 0 Å². The molecule has 0 aromatic rings. The van der Waals surface area contributed by atoms with E-state index in [0.29, 0.717) is 25.7 Å². The van der Waals surface area contributed by atoms with Gasteiger partial charge in [0.05, 0.1) is 13.5 Å². The minimum atomic E-state index is -0.311. The number of hydrogen-bond acceptors (Lipinski definition) is 4. The van der Waals surface area contributed by atoms with Crippen molar-refractivity contribution in [3.05, 3.63) is 0 Å². The number of halogens is 1. The highest BCUT2D eigenvalue weighted by molar-refractivity contribution is 5.85. The molecule has 0 bridgehead atoms. The van der Waals surface area contributed by atoms with Crippen LogP contribution in [0.15, 0.2) is 0 Å². The fourth-order valence-corrected chi connectivity index (χ4v) is 1.60. The highest BCUT2D eigenvalue weighted by atomic mass is 35.5. The summed E-state index contributed by atoms with van der Waals surface area (Å²) >= 11 is 0. The number of nitrogens with one attached hydrogen (secondary N) is 2. The molecule has 6 nitrogen and oxygen atoms in total. The first-order chi connectivity index (χ1) is 7.63. The summed E-state index contributed by atoms with van der Waals surface area (Å²) in [5, 5.41) is 5.95. The summed E-state index contributed by atoms with van der Waals surface area (Å²) in [4.78, 5) is 24.2. The second-order valence-corrected chi connectivity index (χ2v) is 3.86. The first-order valence-corrected chi connectivity index (χ1v) is 5.46. The lowest BCUT2D eigenvalue weighted by Gasteiger charge is -2.31. The molecule has 100 valence electrons. The average molecular weight is 266 g/mol. The SMILES string of the molecule is COC(=O)CCNC(=O)N1CCN[C@H](C)C1.Cl. The van der Waals surface area contributed by atoms with E-state index in [1.807, 2.05) is 6.92 Å². The highest BCUT2D eigenvalue weighted by Gasteiger charge is 2.19. The summed E-state index contributed by atoms with van der Waals surface area (Å²) in [6.07, 6.45) is 0.212. The normalized spacial score (nSPS) is 19.2. The van der Waals surface area contributed by atoms with Gasteiger partial charge >= 0.3 is 12.0 Å². The Morgan fingerprint density at radius 1 is 1.53 bits per heavy atom. The molecule has 1 atom stereocenters. The third-order valence-electron chi connectivity index (χ3n) is 2.49. The van der Waals surface area contributed by atoms with Crippen LogP contribution >= 0.6 is 12.4 Å². The first kappa shape index (κ1) is 16.0. The zero-order chi connectivity index (χ0) is 12.0. The van der Waals surface area contributed by atoms with Gasteiger partial charge in [-0.2, -0.15) is 0 Å². The molecule has 0 aromatic heterocycles. The van der Waals surface area contributed by atoms with Crippen LogP contribution in [0.2, 0.25) is 0 Å². The lowest BCUT2D eigenvalue weighted by atomic mass is 10.2. The van der Waals surface area contributed by atoms with E-state index >= 15 is 0 Å². The predicted octanol–water partition coefficient (Wildman–Crippen LogP) is -0.0254. The van der Waals surface area contributed by atoms with E-state index in [-0.39, 0.29) is 30.8 Å². The van der Waals surface area contributed by atoms with Gasteiger partial charge in [0.1, 0.15) is 0 Å². The number of amides is 2. The maximum atomic E-state index is 11.6. The first-order valence-electron chi connectivity index (χ1n) is 5.46. The molecule has 2 N–H and O–H groups in total. The fourth-order valence-electron chi connectivity index (χ4n) is 1.60. The van der Waals surface area contributed by atoms with Crippen LogP contribution in [0.3, 0.4) is 0 Å². The van der Waals surface area contributed by atoms with Crippen molar-refractivity contribution < 1.29 is 14.3 Å². The summed E-state index contributed by atoms with van der Waals surface area (Å²) in [6.45, 7) is 4.57. The molecule has 0 aliphatic carbocycles. The summed E-state index contributed by atoms with van der Waals surface area (Å²) < 4.78 is 4.48. The number of methoxy groups -OCH3 is 1. The molecule has 17 heavy (non-hydrogen) atoms. The number of ether oxygens (including phenoxy) is 1. The second kappa shape index (κ2) is 8.14. The van der Waals surface area contributed by atoms with Crippen LogP contribution in [0, 0.1) is 0 Å². The third-order valence-corrected chi connectivity index (χ3v) is 2.49. The van der Waals surface area contributed by atoms with Crippen LogP contribution in [0.4, 0.5) is 4.79 Å². The van der Waals surface area contributed by atoms with Gasteiger partial charge in [0.25, 0.3) is 0 Å². The molecule has 0 saturated carbocycles. The monoisotopic (exact) mass is 265 g/mol. The summed E-state index contributed by atoms with van der Waals surface area (Å²) in [7, 11) is 1.34. The van der Waals surface area contributed by atoms with E-state index in [4.69, 9.17) is 0 Å². The number of carbonyl (C=O) groups excluding carboxylic acids is 2. The van der Waals surface area contributed by atoms with E-state index in [2.05, 4.69) is 15.4 Å². The van der Waals surface area contributed by atoms with Gasteiger partial charge in [-0.25, -0.2) is 4.79 Å². The van der Waals surface area contributed by atoms with Crippen LogP contribution in [-0.4, -0.2) is 56.2 Å². The Morgan fingerprint density at radius 2 is 2.24 bits per heavy atom. The molecule has 1 heterocycles. The largest absolute Gasteiger partial charge is 0.469 e. The van der Waals surface area contributed by atoms with E-state index in [0.717, 1.165) is 6.54 Å². The number of urea groups is 1. The summed E-state index contributed by atoms with van der Waals surface area (Å²) in [5.74, 6) is -0.311. The van der Waals surface area contributed by atoms with E-state index < -0.39 is 0 Å². The number of rotatable bonds is 3. The van der Waals surface area contributed by atoms with Gasteiger partial charge in [0.2, 0.25) is 0 Å². The molecule has 2 amide bonds. The zero-order valence-electron chi connectivity index (χ0n) is 10.2. The van der Waals surface area contributed by atoms with Crippen LogP contribution in [0.1, 0.15) is 13.3 Å². The lowest BCUT2D eigenvalue weighted by molar-refractivity contribution is -0.140. The molecule has 1 saturated heterocycles. The number of nitrogens with zero attached hydrogens (tertiary/aromatic N) is 1. The smallest absolute Gasteiger partial charge is 0.317 e. The Balaban J connectivity index is 0.00000256. The Morgan fingerprint density at radius 3 is 2.82 bits per heavy atom. The third kappa shape index (κ3) is 5.74. The maximum absolute atomic E-state index is 11.6. The maximum Gasteiger partial charge on any atom is 0.317 e. The van der Waals surface area contributed by atoms with Crippen molar-refractivity contribution in [2.75, 3.05) is 33.3 Å². The van der Waals surface area contributed by atoms with E-state index in [1.54, 1.807) is 4.90 Å². The zero-order valence-corrected chi connectivity index (χ0v) is 11.0.